The first-order valence-electron chi connectivity index (χ1n) is 7.43. The molecule has 2 rings (SSSR count). The summed E-state index contributed by atoms with van der Waals surface area (Å²) in [5, 5.41) is 8.72. The van der Waals surface area contributed by atoms with Gasteiger partial charge in [0.15, 0.2) is 11.5 Å². The minimum Gasteiger partial charge on any atom is -0.493 e. The first-order valence-corrected chi connectivity index (χ1v) is 7.43. The summed E-state index contributed by atoms with van der Waals surface area (Å²) >= 11 is 0. The molecule has 1 aromatic carbocycles. The lowest BCUT2D eigenvalue weighted by Gasteiger charge is -2.10. The van der Waals surface area contributed by atoms with E-state index < -0.39 is 5.97 Å². The highest BCUT2D eigenvalue weighted by Crippen LogP contribution is 2.32. The van der Waals surface area contributed by atoms with E-state index in [1.807, 2.05) is 12.1 Å². The van der Waals surface area contributed by atoms with Crippen LogP contribution >= 0.6 is 0 Å². The number of imidazole rings is 1. The van der Waals surface area contributed by atoms with Crippen LogP contribution in [-0.2, 0) is 17.8 Å². The number of fused-ring (bicyclic) bond motifs is 1. The molecule has 6 nitrogen and oxygen atoms in total. The van der Waals surface area contributed by atoms with Gasteiger partial charge in [0.05, 0.1) is 25.3 Å². The molecule has 0 amide bonds. The number of aromatic nitrogens is 2. The van der Waals surface area contributed by atoms with Gasteiger partial charge in [-0.15, -0.1) is 0 Å². The van der Waals surface area contributed by atoms with E-state index in [1.165, 1.54) is 0 Å². The minimum atomic E-state index is -0.752. The standard InChI is InChI=1S/C16H22N2O4/c1-4-15-17-11-9-13(21-2)14(22-3)10-12(11)18(15)8-6-5-7-16(19)20/h9-10H,4-8H2,1-3H3,(H,19,20). The minimum absolute atomic E-state index is 0.200. The second-order valence-corrected chi connectivity index (χ2v) is 5.08. The van der Waals surface area contributed by atoms with Gasteiger partial charge in [-0.25, -0.2) is 4.98 Å². The van der Waals surface area contributed by atoms with Gasteiger partial charge in [0, 0.05) is 31.5 Å². The molecule has 1 heterocycles. The van der Waals surface area contributed by atoms with E-state index in [9.17, 15) is 4.79 Å². The van der Waals surface area contributed by atoms with Crippen molar-refractivity contribution in [3.05, 3.63) is 18.0 Å². The molecule has 0 saturated heterocycles. The van der Waals surface area contributed by atoms with Crippen molar-refractivity contribution in [2.75, 3.05) is 14.2 Å². The van der Waals surface area contributed by atoms with Crippen LogP contribution in [0, 0.1) is 0 Å². The lowest BCUT2D eigenvalue weighted by Crippen LogP contribution is -2.04. The summed E-state index contributed by atoms with van der Waals surface area (Å²) in [6.45, 7) is 2.81. The van der Waals surface area contributed by atoms with Gasteiger partial charge in [-0.2, -0.15) is 0 Å². The third-order valence-corrected chi connectivity index (χ3v) is 3.67. The molecule has 120 valence electrons. The highest BCUT2D eigenvalue weighted by Gasteiger charge is 2.14. The van der Waals surface area contributed by atoms with Crippen LogP contribution < -0.4 is 9.47 Å². The van der Waals surface area contributed by atoms with Gasteiger partial charge < -0.3 is 19.1 Å². The monoisotopic (exact) mass is 306 g/mol. The summed E-state index contributed by atoms with van der Waals surface area (Å²) in [5.41, 5.74) is 1.86. The Morgan fingerprint density at radius 2 is 1.91 bits per heavy atom. The van der Waals surface area contributed by atoms with Crippen LogP contribution in [-0.4, -0.2) is 34.8 Å². The Morgan fingerprint density at radius 3 is 2.50 bits per heavy atom. The van der Waals surface area contributed by atoms with Gasteiger partial charge in [0.25, 0.3) is 0 Å². The number of unbranched alkanes of at least 4 members (excludes halogenated alkanes) is 1. The number of aryl methyl sites for hydroxylation is 2. The number of nitrogens with zero attached hydrogens (tertiary/aromatic N) is 2. The second kappa shape index (κ2) is 7.15. The Labute approximate surface area is 129 Å². The van der Waals surface area contributed by atoms with Gasteiger partial charge in [0.2, 0.25) is 0 Å². The van der Waals surface area contributed by atoms with Crippen LogP contribution in [0.3, 0.4) is 0 Å². The number of carbonyl (C=O) groups is 1. The molecule has 0 aliphatic rings. The molecule has 0 radical (unpaired) electrons. The highest BCUT2D eigenvalue weighted by molar-refractivity contribution is 5.80. The van der Waals surface area contributed by atoms with Crippen LogP contribution in [0.1, 0.15) is 32.0 Å². The van der Waals surface area contributed by atoms with Crippen molar-refractivity contribution in [3.63, 3.8) is 0 Å². The van der Waals surface area contributed by atoms with E-state index in [1.54, 1.807) is 14.2 Å². The van der Waals surface area contributed by atoms with Crippen molar-refractivity contribution >= 4 is 17.0 Å². The van der Waals surface area contributed by atoms with Gasteiger partial charge in [-0.05, 0) is 12.8 Å². The van der Waals surface area contributed by atoms with Crippen molar-refractivity contribution in [2.24, 2.45) is 0 Å². The number of hydrogen-bond donors (Lipinski definition) is 1. The Kier molecular flexibility index (Phi) is 5.25. The SMILES string of the molecule is CCc1nc2cc(OC)c(OC)cc2n1CCCCC(=O)O. The zero-order chi connectivity index (χ0) is 16.1. The molecule has 22 heavy (non-hydrogen) atoms. The van der Waals surface area contributed by atoms with Crippen molar-refractivity contribution < 1.29 is 19.4 Å². The third kappa shape index (κ3) is 3.32. The van der Waals surface area contributed by atoms with Gasteiger partial charge >= 0.3 is 5.97 Å². The topological polar surface area (TPSA) is 73.6 Å². The van der Waals surface area contributed by atoms with E-state index in [4.69, 9.17) is 14.6 Å². The summed E-state index contributed by atoms with van der Waals surface area (Å²) in [6, 6.07) is 3.80. The normalized spacial score (nSPS) is 10.9. The first kappa shape index (κ1) is 16.1. The molecule has 0 saturated carbocycles. The second-order valence-electron chi connectivity index (χ2n) is 5.08. The van der Waals surface area contributed by atoms with Crippen LogP contribution in [0.5, 0.6) is 11.5 Å². The van der Waals surface area contributed by atoms with E-state index in [2.05, 4.69) is 16.5 Å². The number of methoxy groups -OCH3 is 2. The molecule has 0 aliphatic heterocycles. The summed E-state index contributed by atoms with van der Waals surface area (Å²) in [4.78, 5) is 15.2. The van der Waals surface area contributed by atoms with Crippen LogP contribution in [0.25, 0.3) is 11.0 Å². The largest absolute Gasteiger partial charge is 0.493 e. The van der Waals surface area contributed by atoms with Crippen LogP contribution in [0.2, 0.25) is 0 Å². The lowest BCUT2D eigenvalue weighted by atomic mass is 10.2. The number of hydrogen-bond acceptors (Lipinski definition) is 4. The quantitative estimate of drug-likeness (QED) is 0.759. The van der Waals surface area contributed by atoms with Crippen molar-refractivity contribution in [3.8, 4) is 11.5 Å². The molecule has 0 aliphatic carbocycles. The maximum Gasteiger partial charge on any atom is 0.303 e. The molecule has 2 aromatic rings. The molecule has 6 heteroatoms. The van der Waals surface area contributed by atoms with Gasteiger partial charge in [0.1, 0.15) is 5.82 Å². The zero-order valence-corrected chi connectivity index (χ0v) is 13.3. The molecule has 0 unspecified atom stereocenters. The van der Waals surface area contributed by atoms with Crippen LogP contribution in [0.15, 0.2) is 12.1 Å². The number of rotatable bonds is 8. The fraction of sp³-hybridized carbons (Fsp3) is 0.500. The van der Waals surface area contributed by atoms with E-state index in [-0.39, 0.29) is 6.42 Å². The highest BCUT2D eigenvalue weighted by atomic mass is 16.5. The summed E-state index contributed by atoms with van der Waals surface area (Å²) in [5.74, 6) is 1.57. The van der Waals surface area contributed by atoms with Gasteiger partial charge in [-0.1, -0.05) is 6.92 Å². The average Bonchev–Trinajstić information content (AvgIpc) is 2.86. The number of ether oxygens (including phenoxy) is 2. The Morgan fingerprint density at radius 1 is 1.23 bits per heavy atom. The van der Waals surface area contributed by atoms with E-state index >= 15 is 0 Å². The number of carboxylic acid groups (broad SMARTS) is 1. The first-order chi connectivity index (χ1) is 10.6. The molecule has 1 N–H and O–H groups in total. The predicted molar refractivity (Wildman–Crippen MR) is 83.7 cm³/mol. The molecular formula is C16H22N2O4. The number of aliphatic carboxylic acids is 1. The maximum absolute atomic E-state index is 10.6. The lowest BCUT2D eigenvalue weighted by molar-refractivity contribution is -0.137. The van der Waals surface area contributed by atoms with Crippen molar-refractivity contribution in [2.45, 2.75) is 39.2 Å². The average molecular weight is 306 g/mol. The fourth-order valence-electron chi connectivity index (χ4n) is 2.57. The molecule has 1 aromatic heterocycles. The molecule has 0 bridgehead atoms. The van der Waals surface area contributed by atoms with Crippen molar-refractivity contribution in [1.82, 2.24) is 9.55 Å². The van der Waals surface area contributed by atoms with Gasteiger partial charge in [-0.3, -0.25) is 4.79 Å². The molecular weight excluding hydrogens is 284 g/mol. The van der Waals surface area contributed by atoms with E-state index in [0.29, 0.717) is 17.9 Å². The predicted octanol–water partition coefficient (Wildman–Crippen LogP) is 2.87. The molecule has 0 spiro atoms. The number of benzene rings is 1. The Balaban J connectivity index is 2.32. The fourth-order valence-corrected chi connectivity index (χ4v) is 2.57. The van der Waals surface area contributed by atoms with E-state index in [0.717, 1.165) is 36.2 Å². The summed E-state index contributed by atoms with van der Waals surface area (Å²) in [7, 11) is 3.21. The summed E-state index contributed by atoms with van der Waals surface area (Å²) in [6.07, 6.45) is 2.48. The smallest absolute Gasteiger partial charge is 0.303 e. The third-order valence-electron chi connectivity index (χ3n) is 3.67. The van der Waals surface area contributed by atoms with Crippen LogP contribution in [0.4, 0.5) is 0 Å². The van der Waals surface area contributed by atoms with Crippen molar-refractivity contribution in [1.29, 1.82) is 0 Å². The maximum atomic E-state index is 10.6. The number of carboxylic acids is 1. The molecule has 0 atom stereocenters. The summed E-state index contributed by atoms with van der Waals surface area (Å²) < 4.78 is 12.8. The molecule has 0 fully saturated rings. The zero-order valence-electron chi connectivity index (χ0n) is 13.3. The Hall–Kier alpha value is -2.24. The Bertz CT molecular complexity index is 664.